The highest BCUT2D eigenvalue weighted by Gasteiger charge is 2.20. The van der Waals surface area contributed by atoms with E-state index in [9.17, 15) is 13.6 Å². The number of nitrogen functional groups attached to an aromatic ring is 1. The van der Waals surface area contributed by atoms with E-state index in [1.807, 2.05) is 0 Å². The Morgan fingerprint density at radius 1 is 1.62 bits per heavy atom. The van der Waals surface area contributed by atoms with E-state index in [2.05, 4.69) is 9.72 Å². The van der Waals surface area contributed by atoms with Gasteiger partial charge < -0.3 is 16.2 Å². The summed E-state index contributed by atoms with van der Waals surface area (Å²) in [5, 5.41) is 0. The van der Waals surface area contributed by atoms with Crippen LogP contribution in [-0.4, -0.2) is 18.1 Å². The highest BCUT2D eigenvalue weighted by atomic mass is 19.3. The van der Waals surface area contributed by atoms with Gasteiger partial charge in [-0.15, -0.1) is 0 Å². The van der Waals surface area contributed by atoms with E-state index in [-0.39, 0.29) is 17.8 Å². The number of aromatic nitrogens is 1. The maximum atomic E-state index is 12.6. The summed E-state index contributed by atoms with van der Waals surface area (Å²) in [6.07, 6.45) is -2.78. The maximum Gasteiger partial charge on any atom is 0.356 e. The zero-order valence-corrected chi connectivity index (χ0v) is 8.54. The van der Waals surface area contributed by atoms with Crippen molar-refractivity contribution in [2.45, 2.75) is 13.0 Å². The quantitative estimate of drug-likeness (QED) is 0.752. The molecule has 0 unspecified atom stereocenters. The van der Waals surface area contributed by atoms with Crippen LogP contribution < -0.4 is 11.5 Å². The van der Waals surface area contributed by atoms with E-state index in [0.29, 0.717) is 0 Å². The van der Waals surface area contributed by atoms with E-state index in [1.165, 1.54) is 0 Å². The fourth-order valence-corrected chi connectivity index (χ4v) is 1.26. The van der Waals surface area contributed by atoms with Crippen LogP contribution >= 0.6 is 0 Å². The van der Waals surface area contributed by atoms with Crippen LogP contribution in [0, 0.1) is 0 Å². The van der Waals surface area contributed by atoms with Gasteiger partial charge in [0.25, 0.3) is 6.43 Å². The molecule has 1 rings (SSSR count). The first kappa shape index (κ1) is 12.3. The van der Waals surface area contributed by atoms with Crippen molar-refractivity contribution in [1.82, 2.24) is 4.98 Å². The summed E-state index contributed by atoms with van der Waals surface area (Å²) in [7, 11) is 1.16. The third-order valence-electron chi connectivity index (χ3n) is 2.01. The minimum atomic E-state index is -2.78. The summed E-state index contributed by atoms with van der Waals surface area (Å²) in [5.41, 5.74) is 10.2. The molecule has 0 aliphatic rings. The molecular formula is C9H11F2N3O2. The molecule has 1 aromatic heterocycles. The van der Waals surface area contributed by atoms with Gasteiger partial charge in [-0.2, -0.15) is 0 Å². The molecule has 4 N–H and O–H groups in total. The highest BCUT2D eigenvalue weighted by Crippen LogP contribution is 2.28. The summed E-state index contributed by atoms with van der Waals surface area (Å²) < 4.78 is 29.6. The van der Waals surface area contributed by atoms with Gasteiger partial charge in [0.1, 0.15) is 5.82 Å². The molecule has 0 aliphatic heterocycles. The first-order valence-corrected chi connectivity index (χ1v) is 4.37. The number of hydrogen-bond donors (Lipinski definition) is 2. The van der Waals surface area contributed by atoms with Crippen LogP contribution in [0.2, 0.25) is 0 Å². The van der Waals surface area contributed by atoms with Gasteiger partial charge in [0.05, 0.1) is 12.7 Å². The smallest absolute Gasteiger partial charge is 0.356 e. The fraction of sp³-hybridized carbons (Fsp3) is 0.333. The lowest BCUT2D eigenvalue weighted by atomic mass is 10.1. The van der Waals surface area contributed by atoms with Gasteiger partial charge in [-0.25, -0.2) is 18.6 Å². The minimum absolute atomic E-state index is 0.0860. The monoisotopic (exact) mass is 231 g/mol. The van der Waals surface area contributed by atoms with Crippen LogP contribution in [0.4, 0.5) is 14.6 Å². The molecule has 0 aromatic carbocycles. The Kier molecular flexibility index (Phi) is 3.73. The second-order valence-corrected chi connectivity index (χ2v) is 2.96. The molecule has 0 saturated carbocycles. The number of nitrogens with zero attached hydrogens (tertiary/aromatic N) is 1. The Hall–Kier alpha value is -1.76. The van der Waals surface area contributed by atoms with E-state index in [0.717, 1.165) is 13.2 Å². The number of nitrogens with two attached hydrogens (primary N) is 2. The molecule has 0 saturated heterocycles. The van der Waals surface area contributed by atoms with E-state index < -0.39 is 23.8 Å². The molecule has 0 radical (unpaired) electrons. The molecule has 88 valence electrons. The Morgan fingerprint density at radius 2 is 2.25 bits per heavy atom. The van der Waals surface area contributed by atoms with Crippen LogP contribution in [-0.2, 0) is 11.3 Å². The van der Waals surface area contributed by atoms with Crippen molar-refractivity contribution in [3.05, 3.63) is 22.9 Å². The van der Waals surface area contributed by atoms with Crippen LogP contribution in [0.25, 0.3) is 0 Å². The molecule has 1 heterocycles. The molecule has 5 nitrogen and oxygen atoms in total. The lowest BCUT2D eigenvalue weighted by Crippen LogP contribution is -2.13. The Balaban J connectivity index is 3.32. The van der Waals surface area contributed by atoms with Crippen LogP contribution in [0.5, 0.6) is 0 Å². The third-order valence-corrected chi connectivity index (χ3v) is 2.01. The van der Waals surface area contributed by atoms with Gasteiger partial charge in [-0.1, -0.05) is 0 Å². The number of ether oxygens (including phenoxy) is 1. The molecule has 0 amide bonds. The van der Waals surface area contributed by atoms with Crippen molar-refractivity contribution < 1.29 is 18.3 Å². The number of methoxy groups -OCH3 is 1. The molecular weight excluding hydrogens is 220 g/mol. The fourth-order valence-electron chi connectivity index (χ4n) is 1.26. The Morgan fingerprint density at radius 3 is 2.69 bits per heavy atom. The molecule has 7 heteroatoms. The summed E-state index contributed by atoms with van der Waals surface area (Å²) in [5.74, 6) is -1.15. The zero-order valence-electron chi connectivity index (χ0n) is 8.54. The lowest BCUT2D eigenvalue weighted by molar-refractivity contribution is 0.0593. The van der Waals surface area contributed by atoms with Crippen molar-refractivity contribution in [2.24, 2.45) is 5.73 Å². The van der Waals surface area contributed by atoms with Crippen LogP contribution in [0.1, 0.15) is 28.0 Å². The number of carbonyl (C=O) groups is 1. The second kappa shape index (κ2) is 4.84. The molecule has 16 heavy (non-hydrogen) atoms. The SMILES string of the molecule is COC(=O)c1cc(CN)c(C(F)F)c(N)n1. The van der Waals surface area contributed by atoms with Gasteiger partial charge in [0.2, 0.25) is 0 Å². The first-order chi connectivity index (χ1) is 7.51. The summed E-state index contributed by atoms with van der Waals surface area (Å²) in [6.45, 7) is -0.156. The maximum absolute atomic E-state index is 12.6. The number of rotatable bonds is 3. The van der Waals surface area contributed by atoms with E-state index >= 15 is 0 Å². The molecule has 0 spiro atoms. The number of alkyl halides is 2. The van der Waals surface area contributed by atoms with Gasteiger partial charge in [0, 0.05) is 6.54 Å². The average Bonchev–Trinajstić information content (AvgIpc) is 2.26. The number of carbonyl (C=O) groups excluding carboxylic acids is 1. The average molecular weight is 231 g/mol. The van der Waals surface area contributed by atoms with Crippen molar-refractivity contribution in [1.29, 1.82) is 0 Å². The molecule has 0 bridgehead atoms. The van der Waals surface area contributed by atoms with Crippen molar-refractivity contribution >= 4 is 11.8 Å². The summed E-state index contributed by atoms with van der Waals surface area (Å²) in [4.78, 5) is 14.7. The van der Waals surface area contributed by atoms with E-state index in [1.54, 1.807) is 0 Å². The zero-order chi connectivity index (χ0) is 12.3. The van der Waals surface area contributed by atoms with Gasteiger partial charge >= 0.3 is 5.97 Å². The van der Waals surface area contributed by atoms with E-state index in [4.69, 9.17) is 11.5 Å². The number of hydrogen-bond acceptors (Lipinski definition) is 5. The molecule has 0 fully saturated rings. The molecule has 0 aliphatic carbocycles. The van der Waals surface area contributed by atoms with Crippen LogP contribution in [0.3, 0.4) is 0 Å². The summed E-state index contributed by atoms with van der Waals surface area (Å²) >= 11 is 0. The first-order valence-electron chi connectivity index (χ1n) is 4.37. The number of halogens is 2. The number of anilines is 1. The Bertz CT molecular complexity index is 410. The largest absolute Gasteiger partial charge is 0.464 e. The predicted molar refractivity (Wildman–Crippen MR) is 52.8 cm³/mol. The van der Waals surface area contributed by atoms with Gasteiger partial charge in [-0.05, 0) is 11.6 Å². The molecule has 1 aromatic rings. The van der Waals surface area contributed by atoms with Crippen molar-refractivity contribution in [3.8, 4) is 0 Å². The number of esters is 1. The van der Waals surface area contributed by atoms with Gasteiger partial charge in [-0.3, -0.25) is 0 Å². The molecule has 0 atom stereocenters. The highest BCUT2D eigenvalue weighted by molar-refractivity contribution is 5.88. The lowest BCUT2D eigenvalue weighted by Gasteiger charge is -2.11. The third kappa shape index (κ3) is 2.25. The van der Waals surface area contributed by atoms with Gasteiger partial charge in [0.15, 0.2) is 5.69 Å². The van der Waals surface area contributed by atoms with Crippen molar-refractivity contribution in [3.63, 3.8) is 0 Å². The second-order valence-electron chi connectivity index (χ2n) is 2.96. The Labute approximate surface area is 90.4 Å². The normalized spacial score (nSPS) is 10.6. The standard InChI is InChI=1S/C9H11F2N3O2/c1-16-9(15)5-2-4(3-12)6(7(10)11)8(13)14-5/h2,7H,3,12H2,1H3,(H2,13,14). The minimum Gasteiger partial charge on any atom is -0.464 e. The van der Waals surface area contributed by atoms with Crippen molar-refractivity contribution in [2.75, 3.05) is 12.8 Å². The number of pyridine rings is 1. The van der Waals surface area contributed by atoms with Crippen LogP contribution in [0.15, 0.2) is 6.07 Å². The predicted octanol–water partition coefficient (Wildman–Crippen LogP) is 0.847. The summed E-state index contributed by atoms with van der Waals surface area (Å²) in [6, 6.07) is 1.16. The topological polar surface area (TPSA) is 91.2 Å².